The zero-order chi connectivity index (χ0) is 21.8. The highest BCUT2D eigenvalue weighted by Crippen LogP contribution is 2.29. The van der Waals surface area contributed by atoms with Crippen molar-refractivity contribution in [2.24, 2.45) is 4.99 Å². The summed E-state index contributed by atoms with van der Waals surface area (Å²) in [5, 5.41) is 2.61. The molecule has 2 aromatic carbocycles. The Morgan fingerprint density at radius 1 is 1.10 bits per heavy atom. The van der Waals surface area contributed by atoms with E-state index in [0.29, 0.717) is 30.1 Å². The third kappa shape index (κ3) is 5.82. The summed E-state index contributed by atoms with van der Waals surface area (Å²) >= 11 is 0. The molecule has 2 aromatic rings. The van der Waals surface area contributed by atoms with Gasteiger partial charge in [-0.05, 0) is 48.7 Å². The number of anilines is 1. The molecular formula is C20H20F3N3O3S. The minimum absolute atomic E-state index is 0.00219. The molecule has 0 fully saturated rings. The highest BCUT2D eigenvalue weighted by Gasteiger charge is 2.29. The number of nitrogens with one attached hydrogen (secondary N) is 2. The second-order valence-electron chi connectivity index (χ2n) is 6.81. The quantitative estimate of drug-likeness (QED) is 0.719. The fraction of sp³-hybridized carbons (Fsp3) is 0.300. The lowest BCUT2D eigenvalue weighted by atomic mass is 10.1. The van der Waals surface area contributed by atoms with Crippen molar-refractivity contribution in [2.45, 2.75) is 36.8 Å². The Kier molecular flexibility index (Phi) is 6.45. The van der Waals surface area contributed by atoms with E-state index in [0.717, 1.165) is 18.6 Å². The molecule has 0 unspecified atom stereocenters. The maximum atomic E-state index is 12.6. The molecule has 0 radical (unpaired) electrons. The van der Waals surface area contributed by atoms with Crippen LogP contribution < -0.4 is 10.0 Å². The molecule has 30 heavy (non-hydrogen) atoms. The largest absolute Gasteiger partial charge is 0.416 e. The maximum absolute atomic E-state index is 12.6. The zero-order valence-electron chi connectivity index (χ0n) is 15.9. The molecule has 1 aliphatic rings. The third-order valence-corrected chi connectivity index (χ3v) is 5.86. The fourth-order valence-corrected chi connectivity index (χ4v) is 4.05. The molecule has 3 rings (SSSR count). The lowest BCUT2D eigenvalue weighted by Crippen LogP contribution is -2.29. The van der Waals surface area contributed by atoms with E-state index in [1.807, 2.05) is 0 Å². The van der Waals surface area contributed by atoms with Crippen molar-refractivity contribution in [2.75, 3.05) is 11.9 Å². The summed E-state index contributed by atoms with van der Waals surface area (Å²) in [6.45, 7) is 0.590. The van der Waals surface area contributed by atoms with Gasteiger partial charge >= 0.3 is 6.18 Å². The van der Waals surface area contributed by atoms with Gasteiger partial charge in [0.1, 0.15) is 5.84 Å². The molecule has 0 atom stereocenters. The minimum atomic E-state index is -4.40. The topological polar surface area (TPSA) is 87.6 Å². The predicted molar refractivity (Wildman–Crippen MR) is 107 cm³/mol. The van der Waals surface area contributed by atoms with E-state index in [1.54, 1.807) is 6.07 Å². The Bertz CT molecular complexity index is 1050. The second-order valence-corrected chi connectivity index (χ2v) is 8.49. The number of carbonyl (C=O) groups excluding carboxylic acids is 1. The summed E-state index contributed by atoms with van der Waals surface area (Å²) in [5.41, 5.74) is 0.158. The predicted octanol–water partition coefficient (Wildman–Crippen LogP) is 3.75. The van der Waals surface area contributed by atoms with Gasteiger partial charge in [0.05, 0.1) is 10.5 Å². The number of nitrogens with zero attached hydrogens (tertiary/aromatic N) is 1. The van der Waals surface area contributed by atoms with Crippen LogP contribution in [-0.2, 0) is 27.4 Å². The first kappa shape index (κ1) is 21.8. The number of hydrogen-bond acceptors (Lipinski definition) is 4. The molecule has 0 bridgehead atoms. The van der Waals surface area contributed by atoms with Crippen LogP contribution in [0.2, 0.25) is 0 Å². The molecule has 1 heterocycles. The minimum Gasteiger partial charge on any atom is -0.326 e. The molecule has 0 saturated carbocycles. The van der Waals surface area contributed by atoms with Crippen LogP contribution in [0.25, 0.3) is 0 Å². The van der Waals surface area contributed by atoms with Crippen LogP contribution in [0.4, 0.5) is 18.9 Å². The van der Waals surface area contributed by atoms with E-state index in [1.165, 1.54) is 30.3 Å². The van der Waals surface area contributed by atoms with Crippen molar-refractivity contribution >= 4 is 27.5 Å². The van der Waals surface area contributed by atoms with E-state index in [-0.39, 0.29) is 23.6 Å². The number of aliphatic imine (C=N–C) groups is 1. The molecule has 160 valence electrons. The standard InChI is InChI=1S/C20H20F3N3O3S/c21-20(22,23)15-9-6-14(7-10-15)8-11-19(27)25-16-3-1-4-17(13-16)30(28,29)26-18-5-2-12-24-18/h1,3-4,6-7,9-10,13H,2,5,8,11-12H2,(H,24,26)(H,25,27). The van der Waals surface area contributed by atoms with E-state index < -0.39 is 21.8 Å². The summed E-state index contributed by atoms with van der Waals surface area (Å²) < 4.78 is 65.1. The lowest BCUT2D eigenvalue weighted by molar-refractivity contribution is -0.137. The number of amides is 1. The molecule has 1 aliphatic heterocycles. The maximum Gasteiger partial charge on any atom is 0.416 e. The van der Waals surface area contributed by atoms with Crippen molar-refractivity contribution in [3.63, 3.8) is 0 Å². The van der Waals surface area contributed by atoms with E-state index in [2.05, 4.69) is 15.0 Å². The molecule has 6 nitrogen and oxygen atoms in total. The van der Waals surface area contributed by atoms with Crippen molar-refractivity contribution < 1.29 is 26.4 Å². The van der Waals surface area contributed by atoms with Crippen molar-refractivity contribution in [1.29, 1.82) is 0 Å². The average molecular weight is 439 g/mol. The van der Waals surface area contributed by atoms with E-state index in [4.69, 9.17) is 0 Å². The van der Waals surface area contributed by atoms with Gasteiger partial charge in [0, 0.05) is 25.1 Å². The Labute approximate surface area is 172 Å². The van der Waals surface area contributed by atoms with Crippen LogP contribution in [0.15, 0.2) is 58.4 Å². The number of rotatable bonds is 6. The summed E-state index contributed by atoms with van der Waals surface area (Å²) in [7, 11) is -3.80. The first-order chi connectivity index (χ1) is 14.1. The van der Waals surface area contributed by atoms with Gasteiger partial charge in [-0.3, -0.25) is 14.5 Å². The van der Waals surface area contributed by atoms with Crippen LogP contribution >= 0.6 is 0 Å². The number of hydrogen-bond donors (Lipinski definition) is 2. The van der Waals surface area contributed by atoms with E-state index in [9.17, 15) is 26.4 Å². The van der Waals surface area contributed by atoms with Crippen LogP contribution in [0.5, 0.6) is 0 Å². The molecule has 10 heteroatoms. The summed E-state index contributed by atoms with van der Waals surface area (Å²) in [6.07, 6.45) is -2.74. The molecule has 1 amide bonds. The van der Waals surface area contributed by atoms with E-state index >= 15 is 0 Å². The highest BCUT2D eigenvalue weighted by molar-refractivity contribution is 7.90. The Hall–Kier alpha value is -2.88. The lowest BCUT2D eigenvalue weighted by Gasteiger charge is -2.10. The van der Waals surface area contributed by atoms with Gasteiger partial charge in [0.25, 0.3) is 10.0 Å². The number of sulfonamides is 1. The monoisotopic (exact) mass is 439 g/mol. The van der Waals surface area contributed by atoms with Crippen LogP contribution in [0, 0.1) is 0 Å². The zero-order valence-corrected chi connectivity index (χ0v) is 16.7. The van der Waals surface area contributed by atoms with Gasteiger partial charge in [0.15, 0.2) is 0 Å². The normalized spacial score (nSPS) is 14.3. The van der Waals surface area contributed by atoms with Gasteiger partial charge < -0.3 is 5.32 Å². The van der Waals surface area contributed by atoms with Gasteiger partial charge in [-0.2, -0.15) is 13.2 Å². The number of amidine groups is 1. The number of carbonyl (C=O) groups is 1. The molecule has 0 spiro atoms. The average Bonchev–Trinajstić information content (AvgIpc) is 3.18. The van der Waals surface area contributed by atoms with Gasteiger partial charge in [-0.25, -0.2) is 8.42 Å². The summed E-state index contributed by atoms with van der Waals surface area (Å²) in [6, 6.07) is 10.4. The van der Waals surface area contributed by atoms with Crippen LogP contribution in [0.1, 0.15) is 30.4 Å². The molecular weight excluding hydrogens is 419 g/mol. The summed E-state index contributed by atoms with van der Waals surface area (Å²) in [4.78, 5) is 16.3. The van der Waals surface area contributed by atoms with Crippen molar-refractivity contribution in [3.05, 3.63) is 59.7 Å². The number of alkyl halides is 3. The number of halogens is 3. The van der Waals surface area contributed by atoms with Crippen molar-refractivity contribution in [3.8, 4) is 0 Å². The van der Waals surface area contributed by atoms with Crippen molar-refractivity contribution in [1.82, 2.24) is 4.72 Å². The Balaban J connectivity index is 1.58. The molecule has 0 saturated heterocycles. The Morgan fingerprint density at radius 3 is 2.47 bits per heavy atom. The first-order valence-electron chi connectivity index (χ1n) is 9.26. The van der Waals surface area contributed by atoms with Gasteiger partial charge in [-0.15, -0.1) is 0 Å². The molecule has 0 aliphatic carbocycles. The van der Waals surface area contributed by atoms with Gasteiger partial charge in [-0.1, -0.05) is 18.2 Å². The fourth-order valence-electron chi connectivity index (χ4n) is 2.92. The Morgan fingerprint density at radius 2 is 1.83 bits per heavy atom. The smallest absolute Gasteiger partial charge is 0.326 e. The highest BCUT2D eigenvalue weighted by atomic mass is 32.2. The number of benzene rings is 2. The summed E-state index contributed by atoms with van der Waals surface area (Å²) in [5.74, 6) is 0.0403. The molecule has 2 N–H and O–H groups in total. The molecule has 0 aromatic heterocycles. The van der Waals surface area contributed by atoms with Gasteiger partial charge in [0.2, 0.25) is 5.91 Å². The SMILES string of the molecule is O=C(CCc1ccc(C(F)(F)F)cc1)Nc1cccc(S(=O)(=O)NC2=NCCC2)c1. The second kappa shape index (κ2) is 8.86. The van der Waals surface area contributed by atoms with Crippen LogP contribution in [-0.4, -0.2) is 26.7 Å². The van der Waals surface area contributed by atoms with Crippen LogP contribution in [0.3, 0.4) is 0 Å². The number of aryl methyl sites for hydroxylation is 1. The third-order valence-electron chi connectivity index (χ3n) is 4.48. The first-order valence-corrected chi connectivity index (χ1v) is 10.7.